The Balaban J connectivity index is 2.58. The molecule has 0 heterocycles. The summed E-state index contributed by atoms with van der Waals surface area (Å²) < 4.78 is 1.09. The summed E-state index contributed by atoms with van der Waals surface area (Å²) in [6, 6.07) is 4.22. The Morgan fingerprint density at radius 2 is 2.00 bits per heavy atom. The molecule has 0 fully saturated rings. The fourth-order valence-corrected chi connectivity index (χ4v) is 3.39. The molecular weight excluding hydrogens is 350 g/mol. The highest BCUT2D eigenvalue weighted by Crippen LogP contribution is 2.28. The zero-order chi connectivity index (χ0) is 16.0. The van der Waals surface area contributed by atoms with Crippen molar-refractivity contribution in [1.82, 2.24) is 5.32 Å². The van der Waals surface area contributed by atoms with E-state index in [-0.39, 0.29) is 18.6 Å². The van der Waals surface area contributed by atoms with Gasteiger partial charge in [-0.2, -0.15) is 0 Å². The molecule has 21 heavy (non-hydrogen) atoms. The monoisotopic (exact) mass is 373 g/mol. The molecule has 5 heteroatoms. The lowest BCUT2D eigenvalue weighted by molar-refractivity contribution is -0.119. The van der Waals surface area contributed by atoms with E-state index in [0.717, 1.165) is 9.37 Å². The van der Waals surface area contributed by atoms with Crippen molar-refractivity contribution in [3.05, 3.63) is 27.7 Å². The number of carbonyl (C=O) groups excluding carboxylic acids is 1. The maximum atomic E-state index is 12.0. The normalized spacial score (nSPS) is 12.5. The van der Waals surface area contributed by atoms with Gasteiger partial charge in [-0.1, -0.05) is 29.8 Å². The summed E-state index contributed by atoms with van der Waals surface area (Å²) in [4.78, 5) is 13.2. The third-order valence-electron chi connectivity index (χ3n) is 3.41. The van der Waals surface area contributed by atoms with Gasteiger partial charge in [0, 0.05) is 22.0 Å². The minimum Gasteiger partial charge on any atom is -0.396 e. The molecule has 0 saturated heterocycles. The lowest BCUT2D eigenvalue weighted by atomic mass is 10.0. The molecule has 2 N–H and O–H groups in total. The van der Waals surface area contributed by atoms with Crippen molar-refractivity contribution in [2.75, 3.05) is 12.4 Å². The third kappa shape index (κ3) is 6.01. The first-order valence-corrected chi connectivity index (χ1v) is 8.92. The predicted molar refractivity (Wildman–Crippen MR) is 92.8 cm³/mol. The maximum Gasteiger partial charge on any atom is 0.230 e. The fraction of sp³-hybridized carbons (Fsp3) is 0.562. The summed E-state index contributed by atoms with van der Waals surface area (Å²) >= 11 is 5.07. The number of nitrogens with one attached hydrogen (secondary N) is 1. The summed E-state index contributed by atoms with van der Waals surface area (Å²) in [5, 5.41) is 12.0. The molecule has 118 valence electrons. The van der Waals surface area contributed by atoms with Gasteiger partial charge in [0.15, 0.2) is 0 Å². The minimum absolute atomic E-state index is 0.0205. The zero-order valence-corrected chi connectivity index (χ0v) is 15.5. The molecule has 1 rings (SSSR count). The summed E-state index contributed by atoms with van der Waals surface area (Å²) in [7, 11) is 0. The number of aliphatic hydroxyl groups excluding tert-OH is 1. The van der Waals surface area contributed by atoms with E-state index < -0.39 is 0 Å². The van der Waals surface area contributed by atoms with Gasteiger partial charge < -0.3 is 10.4 Å². The Labute approximate surface area is 140 Å². The Morgan fingerprint density at radius 3 is 2.57 bits per heavy atom. The van der Waals surface area contributed by atoms with Gasteiger partial charge in [0.05, 0.1) is 5.75 Å². The average molecular weight is 374 g/mol. The molecule has 0 aromatic heterocycles. The Bertz CT molecular complexity index is 491. The number of amides is 1. The van der Waals surface area contributed by atoms with Crippen LogP contribution in [0.25, 0.3) is 0 Å². The van der Waals surface area contributed by atoms with Gasteiger partial charge in [-0.25, -0.2) is 0 Å². The van der Waals surface area contributed by atoms with E-state index in [1.807, 2.05) is 13.8 Å². The van der Waals surface area contributed by atoms with Crippen LogP contribution in [0.15, 0.2) is 21.5 Å². The molecule has 0 spiro atoms. The average Bonchev–Trinajstić information content (AvgIpc) is 2.40. The second-order valence-corrected chi connectivity index (χ2v) is 7.46. The Morgan fingerprint density at radius 1 is 1.33 bits per heavy atom. The molecular formula is C16H24BrNO2S. The van der Waals surface area contributed by atoms with E-state index in [0.29, 0.717) is 18.1 Å². The van der Waals surface area contributed by atoms with E-state index in [1.54, 1.807) is 11.8 Å². The molecule has 0 aliphatic heterocycles. The first-order valence-electron chi connectivity index (χ1n) is 7.15. The van der Waals surface area contributed by atoms with Crippen LogP contribution in [-0.4, -0.2) is 29.4 Å². The molecule has 1 aromatic carbocycles. The second kappa shape index (κ2) is 8.81. The zero-order valence-electron chi connectivity index (χ0n) is 13.1. The van der Waals surface area contributed by atoms with Gasteiger partial charge in [-0.15, -0.1) is 11.8 Å². The lowest BCUT2D eigenvalue weighted by Crippen LogP contribution is -2.40. The largest absolute Gasteiger partial charge is 0.396 e. The molecule has 0 saturated carbocycles. The molecule has 3 nitrogen and oxygen atoms in total. The van der Waals surface area contributed by atoms with E-state index in [4.69, 9.17) is 5.11 Å². The van der Waals surface area contributed by atoms with Crippen LogP contribution in [0.4, 0.5) is 0 Å². The number of hydrogen-bond donors (Lipinski definition) is 2. The molecule has 0 aliphatic carbocycles. The van der Waals surface area contributed by atoms with E-state index in [1.165, 1.54) is 11.1 Å². The number of halogens is 1. The van der Waals surface area contributed by atoms with Crippen LogP contribution >= 0.6 is 27.7 Å². The Hall–Kier alpha value is -0.520. The van der Waals surface area contributed by atoms with Gasteiger partial charge >= 0.3 is 0 Å². The van der Waals surface area contributed by atoms with Crippen molar-refractivity contribution in [3.63, 3.8) is 0 Å². The first-order chi connectivity index (χ1) is 9.85. The molecule has 1 atom stereocenters. The quantitative estimate of drug-likeness (QED) is 0.716. The molecule has 0 aliphatic rings. The smallest absolute Gasteiger partial charge is 0.230 e. The predicted octanol–water partition coefficient (Wildman–Crippen LogP) is 3.68. The molecule has 1 amide bonds. The first kappa shape index (κ1) is 18.5. The standard InChI is InChI=1S/C16H24BrNO2S/c1-10(2)14(5-6-19)18-16(20)9-21-15-8-11(3)13(17)7-12(15)4/h7-8,10,14,19H,5-6,9H2,1-4H3,(H,18,20). The maximum absolute atomic E-state index is 12.0. The number of rotatable bonds is 7. The summed E-state index contributed by atoms with van der Waals surface area (Å²) in [5.41, 5.74) is 2.34. The molecule has 1 unspecified atom stereocenters. The number of thioether (sulfide) groups is 1. The third-order valence-corrected chi connectivity index (χ3v) is 5.42. The second-order valence-electron chi connectivity index (χ2n) is 5.59. The van der Waals surface area contributed by atoms with Crippen LogP contribution in [0.5, 0.6) is 0 Å². The number of aryl methyl sites for hydroxylation is 2. The number of carbonyl (C=O) groups is 1. The van der Waals surface area contributed by atoms with Crippen molar-refractivity contribution < 1.29 is 9.90 Å². The molecule has 0 bridgehead atoms. The van der Waals surface area contributed by atoms with Crippen molar-refractivity contribution in [1.29, 1.82) is 0 Å². The summed E-state index contributed by atoms with van der Waals surface area (Å²) in [6.45, 7) is 8.30. The van der Waals surface area contributed by atoms with Gasteiger partial charge in [0.25, 0.3) is 0 Å². The fourth-order valence-electron chi connectivity index (χ4n) is 2.01. The lowest BCUT2D eigenvalue weighted by Gasteiger charge is -2.21. The molecule has 0 radical (unpaired) electrons. The topological polar surface area (TPSA) is 49.3 Å². The van der Waals surface area contributed by atoms with Crippen molar-refractivity contribution in [2.45, 2.75) is 45.1 Å². The number of benzene rings is 1. The van der Waals surface area contributed by atoms with Crippen molar-refractivity contribution in [3.8, 4) is 0 Å². The van der Waals surface area contributed by atoms with Crippen LogP contribution in [0, 0.1) is 19.8 Å². The number of hydrogen-bond acceptors (Lipinski definition) is 3. The SMILES string of the molecule is Cc1cc(SCC(=O)NC(CCO)C(C)C)c(C)cc1Br. The van der Waals surface area contributed by atoms with Gasteiger partial charge in [-0.3, -0.25) is 4.79 Å². The van der Waals surface area contributed by atoms with Crippen molar-refractivity contribution >= 4 is 33.6 Å². The van der Waals surface area contributed by atoms with Crippen LogP contribution < -0.4 is 5.32 Å². The van der Waals surface area contributed by atoms with Gasteiger partial charge in [-0.05, 0) is 49.4 Å². The van der Waals surface area contributed by atoms with E-state index in [9.17, 15) is 4.79 Å². The van der Waals surface area contributed by atoms with Crippen LogP contribution in [0.1, 0.15) is 31.4 Å². The van der Waals surface area contributed by atoms with E-state index in [2.05, 4.69) is 47.2 Å². The highest BCUT2D eigenvalue weighted by molar-refractivity contribution is 9.10. The minimum atomic E-state index is 0.0205. The highest BCUT2D eigenvalue weighted by atomic mass is 79.9. The van der Waals surface area contributed by atoms with Crippen LogP contribution in [0.3, 0.4) is 0 Å². The van der Waals surface area contributed by atoms with E-state index >= 15 is 0 Å². The van der Waals surface area contributed by atoms with Crippen LogP contribution in [-0.2, 0) is 4.79 Å². The van der Waals surface area contributed by atoms with Crippen LogP contribution in [0.2, 0.25) is 0 Å². The summed E-state index contributed by atoms with van der Waals surface area (Å²) in [6.07, 6.45) is 0.602. The molecule has 1 aromatic rings. The number of aliphatic hydroxyl groups is 1. The Kier molecular flexibility index (Phi) is 7.77. The van der Waals surface area contributed by atoms with Gasteiger partial charge in [0.2, 0.25) is 5.91 Å². The highest BCUT2D eigenvalue weighted by Gasteiger charge is 2.16. The van der Waals surface area contributed by atoms with Gasteiger partial charge in [0.1, 0.15) is 0 Å². The summed E-state index contributed by atoms with van der Waals surface area (Å²) in [5.74, 6) is 0.742. The van der Waals surface area contributed by atoms with Crippen molar-refractivity contribution in [2.24, 2.45) is 5.92 Å².